The van der Waals surface area contributed by atoms with Crippen molar-refractivity contribution < 1.29 is 0 Å². The third kappa shape index (κ3) is 41.3. The minimum atomic E-state index is 1.02. The molecule has 0 atom stereocenters. The molecule has 0 radical (unpaired) electrons. The number of allylic oxidation sites excluding steroid dienone is 4. The van der Waals surface area contributed by atoms with Crippen molar-refractivity contribution >= 4 is 0 Å². The lowest BCUT2D eigenvalue weighted by molar-refractivity contribution is 1.58. The van der Waals surface area contributed by atoms with E-state index in [9.17, 15) is 0 Å². The van der Waals surface area contributed by atoms with Crippen molar-refractivity contribution in [1.82, 2.24) is 0 Å². The highest BCUT2D eigenvalue weighted by molar-refractivity contribution is 5.05. The zero-order valence-electron chi connectivity index (χ0n) is 10.9. The second-order valence-corrected chi connectivity index (χ2v) is 2.68. The van der Waals surface area contributed by atoms with Gasteiger partial charge in [-0.05, 0) is 6.92 Å². The largest absolute Gasteiger partial charge is 0.106 e. The van der Waals surface area contributed by atoms with Crippen LogP contribution in [0, 0.1) is 0 Å². The predicted octanol–water partition coefficient (Wildman–Crippen LogP) is 5.60. The van der Waals surface area contributed by atoms with Crippen molar-refractivity contribution in [2.75, 3.05) is 0 Å². The minimum absolute atomic E-state index is 1.02. The summed E-state index contributed by atoms with van der Waals surface area (Å²) in [6.45, 7) is 21.6. The fraction of sp³-hybridized carbons (Fsp3) is 0.0588. The Morgan fingerprint density at radius 3 is 1.00 bits per heavy atom. The van der Waals surface area contributed by atoms with Crippen LogP contribution >= 0.6 is 0 Å². The summed E-state index contributed by atoms with van der Waals surface area (Å²) in [5.41, 5.74) is 1.02. The molecule has 0 aromatic heterocycles. The van der Waals surface area contributed by atoms with Crippen LogP contribution in [0.25, 0.3) is 0 Å². The van der Waals surface area contributed by atoms with E-state index in [0.29, 0.717) is 0 Å². The first-order chi connectivity index (χ1) is 8.18. The van der Waals surface area contributed by atoms with Gasteiger partial charge in [0, 0.05) is 0 Å². The fourth-order valence-electron chi connectivity index (χ4n) is 0.385. The molecule has 1 rings (SSSR count). The summed E-state index contributed by atoms with van der Waals surface area (Å²) in [4.78, 5) is 0. The van der Waals surface area contributed by atoms with Crippen molar-refractivity contribution in [2.24, 2.45) is 0 Å². The molecule has 0 aliphatic heterocycles. The molecule has 0 bridgehead atoms. The van der Waals surface area contributed by atoms with Crippen molar-refractivity contribution in [2.45, 2.75) is 6.92 Å². The first kappa shape index (κ1) is 20.3. The van der Waals surface area contributed by atoms with Crippen LogP contribution in [0.1, 0.15) is 6.92 Å². The summed E-state index contributed by atoms with van der Waals surface area (Å²) in [6.07, 6.45) is 5.00. The van der Waals surface area contributed by atoms with Crippen LogP contribution in [-0.4, -0.2) is 0 Å². The SMILES string of the molecule is C=C.C=CC(=C)C.C=CC=C.c1ccccc1. The lowest BCUT2D eigenvalue weighted by Gasteiger charge is -1.71. The number of rotatable bonds is 2. The highest BCUT2D eigenvalue weighted by Crippen LogP contribution is 1.81. The zero-order valence-corrected chi connectivity index (χ0v) is 10.9. The molecule has 0 amide bonds. The van der Waals surface area contributed by atoms with Crippen LogP contribution in [0.15, 0.2) is 99.7 Å². The molecule has 0 aliphatic rings. The molecule has 1 aromatic rings. The Balaban J connectivity index is -0.000000165. The Kier molecular flexibility index (Phi) is 28.3. The van der Waals surface area contributed by atoms with Crippen LogP contribution < -0.4 is 0 Å². The summed E-state index contributed by atoms with van der Waals surface area (Å²) in [7, 11) is 0. The van der Waals surface area contributed by atoms with E-state index in [1.807, 2.05) is 43.3 Å². The van der Waals surface area contributed by atoms with Crippen LogP contribution in [0.2, 0.25) is 0 Å². The second-order valence-electron chi connectivity index (χ2n) is 2.68. The van der Waals surface area contributed by atoms with Crippen LogP contribution in [-0.2, 0) is 0 Å². The van der Waals surface area contributed by atoms with Crippen LogP contribution in [0.4, 0.5) is 0 Å². The smallest absolute Gasteiger partial charge is 0.0404 e. The first-order valence-electron chi connectivity index (χ1n) is 5.20. The molecule has 1 aromatic carbocycles. The maximum Gasteiger partial charge on any atom is -0.0404 e. The average Bonchev–Trinajstić information content (AvgIpc) is 2.44. The molecule has 0 heteroatoms. The third-order valence-corrected chi connectivity index (χ3v) is 1.18. The van der Waals surface area contributed by atoms with E-state index in [2.05, 4.69) is 39.5 Å². The molecule has 0 aliphatic carbocycles. The minimum Gasteiger partial charge on any atom is -0.106 e. The predicted molar refractivity (Wildman–Crippen MR) is 83.1 cm³/mol. The summed E-state index contributed by atoms with van der Waals surface area (Å²) in [5.74, 6) is 0. The van der Waals surface area contributed by atoms with Gasteiger partial charge in [0.15, 0.2) is 0 Å². The van der Waals surface area contributed by atoms with Gasteiger partial charge >= 0.3 is 0 Å². The molecule has 0 N–H and O–H groups in total. The maximum absolute atomic E-state index is 3.56. The summed E-state index contributed by atoms with van der Waals surface area (Å²) < 4.78 is 0. The van der Waals surface area contributed by atoms with E-state index >= 15 is 0 Å². The van der Waals surface area contributed by atoms with Gasteiger partial charge in [-0.25, -0.2) is 0 Å². The number of benzene rings is 1. The monoisotopic (exact) mass is 228 g/mol. The Labute approximate surface area is 107 Å². The zero-order chi connectivity index (χ0) is 13.9. The van der Waals surface area contributed by atoms with Crippen molar-refractivity contribution in [1.29, 1.82) is 0 Å². The Morgan fingerprint density at radius 1 is 0.765 bits per heavy atom. The molecule has 0 heterocycles. The summed E-state index contributed by atoms with van der Waals surface area (Å²) in [6, 6.07) is 12.0. The van der Waals surface area contributed by atoms with Gasteiger partial charge < -0.3 is 0 Å². The molecule has 0 nitrogen and oxygen atoms in total. The van der Waals surface area contributed by atoms with Gasteiger partial charge in [-0.15, -0.1) is 13.2 Å². The van der Waals surface area contributed by atoms with E-state index in [1.54, 1.807) is 18.2 Å². The molecule has 17 heavy (non-hydrogen) atoms. The Hall–Kier alpha value is -2.08. The molecule has 0 saturated carbocycles. The molecule has 0 unspecified atom stereocenters. The highest BCUT2D eigenvalue weighted by atomic mass is 13.7. The van der Waals surface area contributed by atoms with E-state index in [1.165, 1.54) is 0 Å². The van der Waals surface area contributed by atoms with E-state index in [0.717, 1.165) is 5.57 Å². The van der Waals surface area contributed by atoms with Gasteiger partial charge in [-0.1, -0.05) is 86.5 Å². The highest BCUT2D eigenvalue weighted by Gasteiger charge is 1.59. The Bertz CT molecular complexity index is 247. The molecule has 0 saturated heterocycles. The van der Waals surface area contributed by atoms with Crippen molar-refractivity contribution in [3.05, 3.63) is 99.7 Å². The number of hydrogen-bond acceptors (Lipinski definition) is 0. The maximum atomic E-state index is 3.56. The van der Waals surface area contributed by atoms with E-state index < -0.39 is 0 Å². The van der Waals surface area contributed by atoms with Gasteiger partial charge in [0.25, 0.3) is 0 Å². The average molecular weight is 228 g/mol. The molecule has 0 spiro atoms. The third-order valence-electron chi connectivity index (χ3n) is 1.18. The molecular weight excluding hydrogens is 204 g/mol. The van der Waals surface area contributed by atoms with Gasteiger partial charge in [0.2, 0.25) is 0 Å². The van der Waals surface area contributed by atoms with Crippen molar-refractivity contribution in [3.63, 3.8) is 0 Å². The number of hydrogen-bond donors (Lipinski definition) is 0. The normalized spacial score (nSPS) is 6.18. The van der Waals surface area contributed by atoms with E-state index in [-0.39, 0.29) is 0 Å². The van der Waals surface area contributed by atoms with Crippen molar-refractivity contribution in [3.8, 4) is 0 Å². The van der Waals surface area contributed by atoms with Crippen LogP contribution in [0.5, 0.6) is 0 Å². The standard InChI is InChI=1S/C6H6.C5H8.C4H6.C2H4/c1-2-4-6-5-3-1;1-4-5(2)3;1-3-4-2;1-2/h1-6H;4H,1-2H2,3H3;3-4H,1-2H2;1-2H2. The molecule has 92 valence electrons. The quantitative estimate of drug-likeness (QED) is 0.457. The fourth-order valence-corrected chi connectivity index (χ4v) is 0.385. The van der Waals surface area contributed by atoms with Gasteiger partial charge in [-0.3, -0.25) is 0 Å². The second kappa shape index (κ2) is 23.6. The lowest BCUT2D eigenvalue weighted by Crippen LogP contribution is -1.50. The van der Waals surface area contributed by atoms with Crippen LogP contribution in [0.3, 0.4) is 0 Å². The Morgan fingerprint density at radius 2 is 0.941 bits per heavy atom. The van der Waals surface area contributed by atoms with Gasteiger partial charge in [-0.2, -0.15) is 0 Å². The first-order valence-corrected chi connectivity index (χ1v) is 5.20. The topological polar surface area (TPSA) is 0 Å². The summed E-state index contributed by atoms with van der Waals surface area (Å²) in [5, 5.41) is 0. The van der Waals surface area contributed by atoms with E-state index in [4.69, 9.17) is 0 Å². The summed E-state index contributed by atoms with van der Waals surface area (Å²) >= 11 is 0. The lowest BCUT2D eigenvalue weighted by atomic mass is 10.4. The molecule has 0 fully saturated rings. The molecular formula is C17H24. The van der Waals surface area contributed by atoms with Gasteiger partial charge in [0.1, 0.15) is 0 Å². The van der Waals surface area contributed by atoms with Gasteiger partial charge in [0.05, 0.1) is 0 Å².